The third kappa shape index (κ3) is 4.18. The summed E-state index contributed by atoms with van der Waals surface area (Å²) in [5, 5.41) is 4.09. The number of halogens is 2. The third-order valence-electron chi connectivity index (χ3n) is 3.91. The first-order valence-corrected chi connectivity index (χ1v) is 8.95. The summed E-state index contributed by atoms with van der Waals surface area (Å²) in [4.78, 5) is 12.2. The Kier molecular flexibility index (Phi) is 5.69. The van der Waals surface area contributed by atoms with Crippen LogP contribution >= 0.6 is 38.5 Å². The molecule has 19 heavy (non-hydrogen) atoms. The molecule has 0 aromatic heterocycles. The number of benzene rings is 1. The highest BCUT2D eigenvalue weighted by molar-refractivity contribution is 14.1. The fourth-order valence-corrected chi connectivity index (χ4v) is 3.96. The van der Waals surface area contributed by atoms with Gasteiger partial charge in [-0.05, 0) is 59.0 Å². The van der Waals surface area contributed by atoms with E-state index in [1.54, 1.807) is 0 Å². The van der Waals surface area contributed by atoms with E-state index in [-0.39, 0.29) is 11.3 Å². The Bertz CT molecular complexity index is 444. The van der Waals surface area contributed by atoms with Crippen LogP contribution in [-0.2, 0) is 0 Å². The van der Waals surface area contributed by atoms with Crippen LogP contribution in [0.25, 0.3) is 0 Å². The minimum Gasteiger partial charge on any atom is -0.351 e. The number of hydrogen-bond acceptors (Lipinski definition) is 1. The van der Waals surface area contributed by atoms with Gasteiger partial charge in [0.15, 0.2) is 0 Å². The quantitative estimate of drug-likeness (QED) is 0.552. The molecule has 1 aliphatic carbocycles. The van der Waals surface area contributed by atoms with Gasteiger partial charge in [-0.25, -0.2) is 0 Å². The highest BCUT2D eigenvalue weighted by Crippen LogP contribution is 2.37. The average molecular weight is 436 g/mol. The van der Waals surface area contributed by atoms with Gasteiger partial charge in [0.2, 0.25) is 0 Å². The van der Waals surface area contributed by atoms with E-state index in [1.165, 1.54) is 32.1 Å². The van der Waals surface area contributed by atoms with Gasteiger partial charge in [0.1, 0.15) is 0 Å². The molecule has 2 rings (SSSR count). The lowest BCUT2D eigenvalue weighted by Gasteiger charge is -2.35. The van der Waals surface area contributed by atoms with Crippen LogP contribution in [0.5, 0.6) is 0 Å². The maximum atomic E-state index is 12.2. The molecule has 1 aromatic carbocycles. The van der Waals surface area contributed by atoms with E-state index in [0.717, 1.165) is 21.0 Å². The van der Waals surface area contributed by atoms with Crippen molar-refractivity contribution >= 4 is 44.4 Å². The molecule has 0 spiro atoms. The number of carbonyl (C=O) groups excluding carboxylic acids is 1. The van der Waals surface area contributed by atoms with Crippen LogP contribution in [0.15, 0.2) is 24.3 Å². The second kappa shape index (κ2) is 7.07. The van der Waals surface area contributed by atoms with Crippen molar-refractivity contribution in [3.8, 4) is 0 Å². The normalized spacial score (nSPS) is 18.0. The molecule has 0 unspecified atom stereocenters. The lowest BCUT2D eigenvalue weighted by molar-refractivity contribution is 0.0922. The summed E-state index contributed by atoms with van der Waals surface area (Å²) in [6.45, 7) is 0.780. The van der Waals surface area contributed by atoms with Crippen LogP contribution in [0.4, 0.5) is 0 Å². The van der Waals surface area contributed by atoms with Crippen molar-refractivity contribution in [2.75, 3.05) is 11.9 Å². The number of hydrogen-bond donors (Lipinski definition) is 1. The molecule has 0 saturated heterocycles. The van der Waals surface area contributed by atoms with Crippen molar-refractivity contribution in [1.82, 2.24) is 5.32 Å². The Hall–Kier alpha value is -0.100. The highest BCUT2D eigenvalue weighted by atomic mass is 127. The molecular weight excluding hydrogens is 417 g/mol. The maximum Gasteiger partial charge on any atom is 0.251 e. The Morgan fingerprint density at radius 3 is 2.68 bits per heavy atom. The number of alkyl halides is 1. The van der Waals surface area contributed by atoms with Gasteiger partial charge in [0, 0.05) is 21.0 Å². The van der Waals surface area contributed by atoms with E-state index in [1.807, 2.05) is 24.3 Å². The van der Waals surface area contributed by atoms with Crippen LogP contribution in [0.1, 0.15) is 42.5 Å². The summed E-state index contributed by atoms with van der Waals surface area (Å²) in [6, 6.07) is 7.73. The molecule has 1 N–H and O–H groups in total. The topological polar surface area (TPSA) is 29.1 Å². The maximum absolute atomic E-state index is 12.2. The van der Waals surface area contributed by atoms with Crippen LogP contribution < -0.4 is 5.32 Å². The van der Waals surface area contributed by atoms with E-state index in [9.17, 15) is 4.79 Å². The zero-order valence-corrected chi connectivity index (χ0v) is 14.7. The van der Waals surface area contributed by atoms with Gasteiger partial charge < -0.3 is 5.32 Å². The molecule has 0 radical (unpaired) electrons. The Balaban J connectivity index is 1.95. The summed E-state index contributed by atoms with van der Waals surface area (Å²) in [6.07, 6.45) is 6.32. The zero-order valence-electron chi connectivity index (χ0n) is 10.9. The van der Waals surface area contributed by atoms with Crippen molar-refractivity contribution in [2.45, 2.75) is 32.1 Å². The molecule has 1 amide bonds. The summed E-state index contributed by atoms with van der Waals surface area (Å²) in [5.74, 6) is 0.0458. The molecule has 1 aliphatic rings. The van der Waals surface area contributed by atoms with E-state index < -0.39 is 0 Å². The fourth-order valence-electron chi connectivity index (χ4n) is 2.66. The molecule has 1 saturated carbocycles. The van der Waals surface area contributed by atoms with Crippen LogP contribution in [0, 0.1) is 8.99 Å². The van der Waals surface area contributed by atoms with Crippen LogP contribution in [-0.4, -0.2) is 17.8 Å². The molecule has 104 valence electrons. The van der Waals surface area contributed by atoms with Crippen molar-refractivity contribution in [1.29, 1.82) is 0 Å². The van der Waals surface area contributed by atoms with E-state index in [4.69, 9.17) is 0 Å². The van der Waals surface area contributed by atoms with Gasteiger partial charge in [-0.1, -0.05) is 41.3 Å². The highest BCUT2D eigenvalue weighted by Gasteiger charge is 2.31. The minimum absolute atomic E-state index is 0.0458. The van der Waals surface area contributed by atoms with Gasteiger partial charge in [0.25, 0.3) is 5.91 Å². The molecule has 1 aromatic rings. The van der Waals surface area contributed by atoms with Crippen molar-refractivity contribution < 1.29 is 4.79 Å². The van der Waals surface area contributed by atoms with Crippen molar-refractivity contribution in [2.24, 2.45) is 5.41 Å². The Morgan fingerprint density at radius 2 is 2.05 bits per heavy atom. The van der Waals surface area contributed by atoms with Gasteiger partial charge >= 0.3 is 0 Å². The van der Waals surface area contributed by atoms with Gasteiger partial charge in [-0.2, -0.15) is 0 Å². The lowest BCUT2D eigenvalue weighted by atomic mass is 9.75. The second-order valence-electron chi connectivity index (χ2n) is 5.39. The predicted molar refractivity (Wildman–Crippen MR) is 90.8 cm³/mol. The molecule has 1 fully saturated rings. The number of amides is 1. The SMILES string of the molecule is O=C(NCC1(CBr)CCCCC1)c1cccc(I)c1. The van der Waals surface area contributed by atoms with Gasteiger partial charge in [0.05, 0.1) is 0 Å². The molecule has 2 nitrogen and oxygen atoms in total. The molecule has 0 bridgehead atoms. The molecule has 0 heterocycles. The Morgan fingerprint density at radius 1 is 1.32 bits per heavy atom. The predicted octanol–water partition coefficient (Wildman–Crippen LogP) is 4.37. The van der Waals surface area contributed by atoms with Crippen LogP contribution in [0.2, 0.25) is 0 Å². The monoisotopic (exact) mass is 435 g/mol. The number of carbonyl (C=O) groups is 1. The van der Waals surface area contributed by atoms with Gasteiger partial charge in [-0.15, -0.1) is 0 Å². The fraction of sp³-hybridized carbons (Fsp3) is 0.533. The molecule has 0 atom stereocenters. The van der Waals surface area contributed by atoms with Crippen molar-refractivity contribution in [3.63, 3.8) is 0 Å². The first-order chi connectivity index (χ1) is 9.15. The summed E-state index contributed by atoms with van der Waals surface area (Å²) in [5.41, 5.74) is 1.02. The smallest absolute Gasteiger partial charge is 0.251 e. The molecule has 4 heteroatoms. The summed E-state index contributed by atoms with van der Waals surface area (Å²) >= 11 is 5.87. The van der Waals surface area contributed by atoms with E-state index in [0.29, 0.717) is 0 Å². The minimum atomic E-state index is 0.0458. The van der Waals surface area contributed by atoms with E-state index >= 15 is 0 Å². The number of nitrogens with one attached hydrogen (secondary N) is 1. The third-order valence-corrected chi connectivity index (χ3v) is 5.77. The second-order valence-corrected chi connectivity index (χ2v) is 7.19. The standard InChI is InChI=1S/C15H19BrINO/c16-10-15(7-2-1-3-8-15)11-18-14(19)12-5-4-6-13(17)9-12/h4-6,9H,1-3,7-8,10-11H2,(H,18,19). The zero-order chi connectivity index (χ0) is 13.7. The largest absolute Gasteiger partial charge is 0.351 e. The van der Waals surface area contributed by atoms with Crippen molar-refractivity contribution in [3.05, 3.63) is 33.4 Å². The average Bonchev–Trinajstić information content (AvgIpc) is 2.46. The van der Waals surface area contributed by atoms with E-state index in [2.05, 4.69) is 43.8 Å². The first-order valence-electron chi connectivity index (χ1n) is 6.75. The lowest BCUT2D eigenvalue weighted by Crippen LogP contribution is -2.40. The summed E-state index contributed by atoms with van der Waals surface area (Å²) < 4.78 is 1.10. The van der Waals surface area contributed by atoms with Crippen LogP contribution in [0.3, 0.4) is 0 Å². The Labute approximate surface area is 137 Å². The first kappa shape index (κ1) is 15.3. The molecular formula is C15H19BrINO. The summed E-state index contributed by atoms with van der Waals surface area (Å²) in [7, 11) is 0. The van der Waals surface area contributed by atoms with Gasteiger partial charge in [-0.3, -0.25) is 4.79 Å². The molecule has 0 aliphatic heterocycles. The number of rotatable bonds is 4.